The van der Waals surface area contributed by atoms with E-state index < -0.39 is 0 Å². The minimum Gasteiger partial charge on any atom is -0.241 e. The topological polar surface area (TPSA) is 3.24 Å². The van der Waals surface area contributed by atoms with E-state index in [1.165, 1.54) is 51.6 Å². The number of piperidine rings is 1. The van der Waals surface area contributed by atoms with E-state index in [-0.39, 0.29) is 0 Å². The van der Waals surface area contributed by atoms with Crippen LogP contribution in [0, 0.1) is 17.8 Å². The molecule has 1 unspecified atom stereocenters. The zero-order valence-electron chi connectivity index (χ0n) is 9.69. The molecule has 1 saturated carbocycles. The molecule has 0 aromatic rings. The van der Waals surface area contributed by atoms with Crippen LogP contribution >= 0.6 is 22.6 Å². The van der Waals surface area contributed by atoms with Gasteiger partial charge in [-0.15, -0.1) is 0 Å². The minimum absolute atomic E-state index is 0.866. The first kappa shape index (κ1) is 12.1. The third kappa shape index (κ3) is 3.31. The Morgan fingerprint density at radius 3 is 2.47 bits per heavy atom. The summed E-state index contributed by atoms with van der Waals surface area (Å²) in [4.78, 5) is 0. The summed E-state index contributed by atoms with van der Waals surface area (Å²) in [6, 6.07) is 0. The van der Waals surface area contributed by atoms with Gasteiger partial charge in [-0.05, 0) is 35.2 Å². The van der Waals surface area contributed by atoms with Gasteiger partial charge in [0.1, 0.15) is 0 Å². The van der Waals surface area contributed by atoms with Crippen molar-refractivity contribution in [3.05, 3.63) is 0 Å². The van der Waals surface area contributed by atoms with Crippen molar-refractivity contribution in [1.82, 2.24) is 4.31 Å². The van der Waals surface area contributed by atoms with Crippen LogP contribution in [0.2, 0.25) is 0 Å². The second kappa shape index (κ2) is 5.83. The van der Waals surface area contributed by atoms with Crippen LogP contribution in [-0.4, -0.2) is 17.4 Å². The van der Waals surface area contributed by atoms with Crippen molar-refractivity contribution < 1.29 is 0 Å². The van der Waals surface area contributed by atoms with Gasteiger partial charge >= 0.3 is 0 Å². The molecule has 0 radical (unpaired) electrons. The van der Waals surface area contributed by atoms with Crippen LogP contribution in [0.15, 0.2) is 0 Å². The fraction of sp³-hybridized carbons (Fsp3) is 1.00. The average molecular weight is 245 g/mol. The maximum absolute atomic E-state index is 4.35. The maximum Gasteiger partial charge on any atom is 0.0128 e. The Morgan fingerprint density at radius 1 is 1.07 bits per heavy atom. The van der Waals surface area contributed by atoms with Gasteiger partial charge in [0, 0.05) is 13.1 Å². The molecule has 0 amide bonds. The molecule has 0 bridgehead atoms. The van der Waals surface area contributed by atoms with Crippen LogP contribution in [0.5, 0.6) is 0 Å². The first-order chi connectivity index (χ1) is 7.29. The van der Waals surface area contributed by atoms with E-state index in [1.807, 2.05) is 0 Å². The highest BCUT2D eigenvalue weighted by Crippen LogP contribution is 2.38. The Balaban J connectivity index is 1.89. The maximum atomic E-state index is 4.35. The predicted octanol–water partition coefficient (Wildman–Crippen LogP) is 4.02. The summed E-state index contributed by atoms with van der Waals surface area (Å²) in [6.07, 6.45) is 8.86. The van der Waals surface area contributed by atoms with Gasteiger partial charge in [-0.3, -0.25) is 0 Å². The lowest BCUT2D eigenvalue weighted by atomic mass is 9.75. The monoisotopic (exact) mass is 245 g/mol. The van der Waals surface area contributed by atoms with E-state index in [9.17, 15) is 0 Å². The molecule has 2 atom stereocenters. The van der Waals surface area contributed by atoms with E-state index in [1.54, 1.807) is 11.0 Å². The summed E-state index contributed by atoms with van der Waals surface area (Å²) in [5, 5.41) is 0. The molecule has 0 spiro atoms. The normalized spacial score (nSPS) is 35.6. The van der Waals surface area contributed by atoms with Crippen LogP contribution in [0.25, 0.3) is 0 Å². The SMILES string of the molecule is C[C@H]1CC(C2CCCCC2)CN(SS)C1. The first-order valence-corrected chi connectivity index (χ1v) is 8.18. The van der Waals surface area contributed by atoms with E-state index in [2.05, 4.69) is 22.9 Å². The van der Waals surface area contributed by atoms with Gasteiger partial charge in [0.2, 0.25) is 0 Å². The third-order valence-electron chi connectivity index (χ3n) is 4.09. The summed E-state index contributed by atoms with van der Waals surface area (Å²) < 4.78 is 2.45. The number of hydrogen-bond acceptors (Lipinski definition) is 3. The smallest absolute Gasteiger partial charge is 0.0128 e. The van der Waals surface area contributed by atoms with Gasteiger partial charge < -0.3 is 0 Å². The fourth-order valence-corrected chi connectivity index (χ4v) is 4.34. The van der Waals surface area contributed by atoms with Crippen molar-refractivity contribution in [2.24, 2.45) is 17.8 Å². The van der Waals surface area contributed by atoms with Gasteiger partial charge in [0.05, 0.1) is 0 Å². The summed E-state index contributed by atoms with van der Waals surface area (Å²) in [6.45, 7) is 4.91. The summed E-state index contributed by atoms with van der Waals surface area (Å²) in [7, 11) is 1.65. The van der Waals surface area contributed by atoms with Crippen LogP contribution in [0.3, 0.4) is 0 Å². The van der Waals surface area contributed by atoms with Gasteiger partial charge in [-0.2, -0.15) is 0 Å². The van der Waals surface area contributed by atoms with Crippen molar-refractivity contribution in [1.29, 1.82) is 0 Å². The van der Waals surface area contributed by atoms with Crippen LogP contribution in [-0.2, 0) is 0 Å². The number of rotatable bonds is 2. The van der Waals surface area contributed by atoms with Crippen molar-refractivity contribution >= 4 is 22.6 Å². The van der Waals surface area contributed by atoms with E-state index >= 15 is 0 Å². The van der Waals surface area contributed by atoms with Gasteiger partial charge in [-0.1, -0.05) is 50.7 Å². The molecule has 0 aromatic carbocycles. The predicted molar refractivity (Wildman–Crippen MR) is 72.0 cm³/mol. The molecule has 0 N–H and O–H groups in total. The second-order valence-electron chi connectivity index (χ2n) is 5.43. The molecule has 2 aliphatic rings. The Morgan fingerprint density at radius 2 is 1.80 bits per heavy atom. The van der Waals surface area contributed by atoms with Gasteiger partial charge in [0.15, 0.2) is 0 Å². The molecule has 1 heterocycles. The van der Waals surface area contributed by atoms with Gasteiger partial charge in [-0.25, -0.2) is 4.31 Å². The molecule has 15 heavy (non-hydrogen) atoms. The number of thiol groups is 1. The van der Waals surface area contributed by atoms with Crippen LogP contribution in [0.4, 0.5) is 0 Å². The molecule has 1 aliphatic carbocycles. The molecule has 2 rings (SSSR count). The van der Waals surface area contributed by atoms with Crippen molar-refractivity contribution in [3.8, 4) is 0 Å². The standard InChI is InChI=1S/C12H23NS2/c1-10-7-12(9-13(8-10)15-14)11-5-3-2-4-6-11/h10-12,14H,2-9H2,1H3/t10-,12?/m0/s1. The zero-order valence-corrected chi connectivity index (χ0v) is 11.4. The summed E-state index contributed by atoms with van der Waals surface area (Å²) in [5.74, 6) is 2.84. The molecule has 1 nitrogen and oxygen atoms in total. The fourth-order valence-electron chi connectivity index (χ4n) is 3.36. The molecule has 88 valence electrons. The van der Waals surface area contributed by atoms with Gasteiger partial charge in [0.25, 0.3) is 0 Å². The molecule has 1 aliphatic heterocycles. The van der Waals surface area contributed by atoms with Crippen LogP contribution in [0.1, 0.15) is 45.4 Å². The highest BCUT2D eigenvalue weighted by atomic mass is 33.1. The average Bonchev–Trinajstić information content (AvgIpc) is 2.29. The Bertz CT molecular complexity index is 192. The lowest BCUT2D eigenvalue weighted by Gasteiger charge is -2.39. The molecule has 3 heteroatoms. The van der Waals surface area contributed by atoms with Crippen molar-refractivity contribution in [2.75, 3.05) is 13.1 Å². The molecule has 0 aromatic heterocycles. The highest BCUT2D eigenvalue weighted by molar-refractivity contribution is 8.67. The summed E-state index contributed by atoms with van der Waals surface area (Å²) in [5.41, 5.74) is 0. The van der Waals surface area contributed by atoms with Crippen LogP contribution < -0.4 is 0 Å². The molecule has 1 saturated heterocycles. The number of nitrogens with zero attached hydrogens (tertiary/aromatic N) is 1. The van der Waals surface area contributed by atoms with E-state index in [4.69, 9.17) is 0 Å². The lowest BCUT2D eigenvalue weighted by molar-refractivity contribution is 0.140. The Labute approximate surface area is 103 Å². The lowest BCUT2D eigenvalue weighted by Crippen LogP contribution is -2.38. The first-order valence-electron chi connectivity index (χ1n) is 6.36. The third-order valence-corrected chi connectivity index (χ3v) is 5.31. The highest BCUT2D eigenvalue weighted by Gasteiger charge is 2.31. The molecular weight excluding hydrogens is 222 g/mol. The van der Waals surface area contributed by atoms with E-state index in [0.29, 0.717) is 0 Å². The zero-order chi connectivity index (χ0) is 10.7. The van der Waals surface area contributed by atoms with Crippen molar-refractivity contribution in [3.63, 3.8) is 0 Å². The second-order valence-corrected chi connectivity index (χ2v) is 6.60. The minimum atomic E-state index is 0.866. The molecule has 2 fully saturated rings. The largest absolute Gasteiger partial charge is 0.241 e. The molecular formula is C12H23NS2. The van der Waals surface area contributed by atoms with E-state index in [0.717, 1.165) is 17.8 Å². The Hall–Kier alpha value is 0.660. The quantitative estimate of drug-likeness (QED) is 0.445. The summed E-state index contributed by atoms with van der Waals surface area (Å²) >= 11 is 4.35. The Kier molecular flexibility index (Phi) is 4.71. The van der Waals surface area contributed by atoms with Crippen molar-refractivity contribution in [2.45, 2.75) is 45.4 Å². The number of hydrogen-bond donors (Lipinski definition) is 1.